The fourth-order valence-electron chi connectivity index (χ4n) is 8.13. The fourth-order valence-corrected chi connectivity index (χ4v) is 8.13. The highest BCUT2D eigenvalue weighted by molar-refractivity contribution is 5.97. The molecule has 9 N–H and O–H groups in total. The highest BCUT2D eigenvalue weighted by Gasteiger charge is 2.26. The van der Waals surface area contributed by atoms with E-state index >= 15 is 0 Å². The molecule has 4 unspecified atom stereocenters. The zero-order chi connectivity index (χ0) is 53.7. The number of rotatable bonds is 5. The number of hydrogen-bond donors (Lipinski definition) is 9. The molecule has 0 spiro atoms. The van der Waals surface area contributed by atoms with Crippen LogP contribution in [0.3, 0.4) is 0 Å². The summed E-state index contributed by atoms with van der Waals surface area (Å²) >= 11 is 0. The zero-order valence-corrected chi connectivity index (χ0v) is 43.1. The Morgan fingerprint density at radius 2 is 0.945 bits per heavy atom. The van der Waals surface area contributed by atoms with Gasteiger partial charge in [-0.05, 0) is 81.5 Å². The number of esters is 2. The Kier molecular flexibility index (Phi) is 28.4. The minimum absolute atomic E-state index is 0.00375. The van der Waals surface area contributed by atoms with E-state index in [0.29, 0.717) is 36.8 Å². The van der Waals surface area contributed by atoms with Crippen molar-refractivity contribution in [2.75, 3.05) is 0 Å². The topological polar surface area (TPSA) is 235 Å². The number of cyclic esters (lactones) is 2. The van der Waals surface area contributed by atoms with Gasteiger partial charge >= 0.3 is 11.9 Å². The number of carbonyl (C=O) groups excluding carboxylic acids is 2. The van der Waals surface area contributed by atoms with Gasteiger partial charge in [0.1, 0.15) is 34.8 Å². The van der Waals surface area contributed by atoms with Crippen molar-refractivity contribution < 1.29 is 65.0 Å². The smallest absolute Gasteiger partial charge is 0.342 e. The molecular weight excluding hydrogens is 929 g/mol. The molecule has 1 heterocycles. The molecule has 13 heteroatoms. The van der Waals surface area contributed by atoms with Crippen LogP contribution in [-0.2, 0) is 9.47 Å². The third-order valence-electron chi connectivity index (χ3n) is 11.8. The number of phenols is 2. The van der Waals surface area contributed by atoms with Crippen LogP contribution in [0.25, 0.3) is 12.2 Å². The Bertz CT molecular complexity index is 2310. The second-order valence-corrected chi connectivity index (χ2v) is 19.2. The monoisotopic (exact) mass is 1010 g/mol. The summed E-state index contributed by atoms with van der Waals surface area (Å²) in [6.45, 7) is 9.46. The van der Waals surface area contributed by atoms with Crippen molar-refractivity contribution in [3.8, 4) is 11.5 Å². The maximum Gasteiger partial charge on any atom is 0.342 e. The van der Waals surface area contributed by atoms with Crippen LogP contribution in [0.15, 0.2) is 145 Å². The number of allylic oxidation sites excluding steroid dienone is 12. The van der Waals surface area contributed by atoms with Gasteiger partial charge in [0, 0.05) is 32.1 Å². The predicted molar refractivity (Wildman–Crippen MR) is 288 cm³/mol. The Morgan fingerprint density at radius 1 is 0.548 bits per heavy atom. The molecule has 0 radical (unpaired) electrons. The Labute approximate surface area is 432 Å². The number of aliphatic hydroxyl groups excluding tert-OH is 7. The first-order valence-corrected chi connectivity index (χ1v) is 25.3. The number of fused-ring (bicyclic) bond motifs is 2. The van der Waals surface area contributed by atoms with E-state index in [1.165, 1.54) is 24.3 Å². The van der Waals surface area contributed by atoms with E-state index in [4.69, 9.17) is 9.47 Å². The average molecular weight is 1010 g/mol. The third kappa shape index (κ3) is 25.1. The van der Waals surface area contributed by atoms with Crippen molar-refractivity contribution in [3.05, 3.63) is 167 Å². The zero-order valence-electron chi connectivity index (χ0n) is 43.1. The van der Waals surface area contributed by atoms with E-state index in [1.807, 2.05) is 39.8 Å². The van der Waals surface area contributed by atoms with Gasteiger partial charge in [0.25, 0.3) is 0 Å². The van der Waals surface area contributed by atoms with Crippen molar-refractivity contribution in [1.82, 2.24) is 0 Å². The highest BCUT2D eigenvalue weighted by Crippen LogP contribution is 2.28. The normalized spacial score (nSPS) is 25.2. The molecule has 3 rings (SSSR count). The standard InChI is InChI=1S/C60H80O13/c1-6-46(61)38-54-40-50(65)30-20-28-48(63)37-52(67)35-43(5)21-13-9-7-11-15-23-44-25-17-31-55(68)57(44)59(70)72-53(33-41(2)3)39-49(64)29-19-27-47(62)36-51(66)34-42(4)22-14-10-8-12-16-24-45-26-18-32-56(69)58(45)60(71)73-54/h7-28,31-32,41,46-54,61-69H,6,29-30,33-40H2,1-5H3/t46?,47-,48-,49+,50?,51+,52+,53?,54?/m1/s1. The number of carbonyl (C=O) groups is 2. The molecule has 2 aromatic rings. The predicted octanol–water partition coefficient (Wildman–Crippen LogP) is 9.61. The Morgan fingerprint density at radius 3 is 1.36 bits per heavy atom. The van der Waals surface area contributed by atoms with Gasteiger partial charge in [0.15, 0.2) is 0 Å². The summed E-state index contributed by atoms with van der Waals surface area (Å²) in [4.78, 5) is 27.1. The number of phenolic OH excluding ortho intramolecular Hbond substituents is 2. The molecule has 73 heavy (non-hydrogen) atoms. The summed E-state index contributed by atoms with van der Waals surface area (Å²) in [7, 11) is 0. The van der Waals surface area contributed by atoms with Crippen LogP contribution in [-0.4, -0.2) is 113 Å². The fraction of sp³-hybridized carbons (Fsp3) is 0.433. The maximum atomic E-state index is 13.6. The second kappa shape index (κ2) is 33.8. The molecule has 13 nitrogen and oxygen atoms in total. The van der Waals surface area contributed by atoms with Crippen molar-refractivity contribution in [3.63, 3.8) is 0 Å². The van der Waals surface area contributed by atoms with E-state index in [0.717, 1.165) is 11.1 Å². The van der Waals surface area contributed by atoms with Gasteiger partial charge in [0.2, 0.25) is 0 Å². The lowest BCUT2D eigenvalue weighted by molar-refractivity contribution is -0.00293. The number of ether oxygens (including phenoxy) is 2. The molecule has 0 fully saturated rings. The van der Waals surface area contributed by atoms with Gasteiger partial charge in [-0.15, -0.1) is 0 Å². The number of hydrogen-bond acceptors (Lipinski definition) is 13. The van der Waals surface area contributed by atoms with Crippen LogP contribution in [0.1, 0.15) is 137 Å². The largest absolute Gasteiger partial charge is 0.507 e. The van der Waals surface area contributed by atoms with Gasteiger partial charge in [-0.25, -0.2) is 9.59 Å². The lowest BCUT2D eigenvalue weighted by Gasteiger charge is -2.23. The summed E-state index contributed by atoms with van der Waals surface area (Å²) in [5.41, 5.74) is 2.48. The first-order valence-electron chi connectivity index (χ1n) is 25.3. The highest BCUT2D eigenvalue weighted by atomic mass is 16.5. The van der Waals surface area contributed by atoms with Crippen LogP contribution >= 0.6 is 0 Å². The van der Waals surface area contributed by atoms with Crippen LogP contribution in [0.4, 0.5) is 0 Å². The first kappa shape index (κ1) is 61.4. The molecule has 1 aliphatic rings. The van der Waals surface area contributed by atoms with Gasteiger partial charge in [-0.1, -0.05) is 166 Å². The van der Waals surface area contributed by atoms with Crippen molar-refractivity contribution in [1.29, 1.82) is 0 Å². The molecule has 9 atom stereocenters. The summed E-state index contributed by atoms with van der Waals surface area (Å²) in [6.07, 6.45) is 24.9. The molecule has 0 saturated heterocycles. The van der Waals surface area contributed by atoms with Gasteiger partial charge in [-0.2, -0.15) is 0 Å². The first-order chi connectivity index (χ1) is 34.8. The van der Waals surface area contributed by atoms with E-state index in [2.05, 4.69) is 0 Å². The lowest BCUT2D eigenvalue weighted by atomic mass is 9.98. The van der Waals surface area contributed by atoms with E-state index in [9.17, 15) is 55.5 Å². The summed E-state index contributed by atoms with van der Waals surface area (Å²) in [6, 6.07) is 9.32. The summed E-state index contributed by atoms with van der Waals surface area (Å²) in [5.74, 6) is -1.95. The number of aromatic hydroxyl groups is 2. The molecule has 0 saturated carbocycles. The van der Waals surface area contributed by atoms with Crippen molar-refractivity contribution >= 4 is 24.1 Å². The van der Waals surface area contributed by atoms with Crippen molar-refractivity contribution in [2.45, 2.75) is 160 Å². The van der Waals surface area contributed by atoms with E-state index in [-0.39, 0.29) is 73.5 Å². The van der Waals surface area contributed by atoms with Gasteiger partial charge < -0.3 is 55.4 Å². The maximum absolute atomic E-state index is 13.6. The van der Waals surface area contributed by atoms with E-state index < -0.39 is 66.9 Å². The molecule has 0 amide bonds. The van der Waals surface area contributed by atoms with Crippen LogP contribution in [0.5, 0.6) is 11.5 Å². The summed E-state index contributed by atoms with van der Waals surface area (Å²) < 4.78 is 11.7. The van der Waals surface area contributed by atoms with Crippen LogP contribution in [0, 0.1) is 5.92 Å². The molecule has 1 aliphatic heterocycles. The molecule has 2 aromatic carbocycles. The lowest BCUT2D eigenvalue weighted by Crippen LogP contribution is -2.28. The van der Waals surface area contributed by atoms with Crippen LogP contribution < -0.4 is 0 Å². The molecule has 0 aromatic heterocycles. The Balaban J connectivity index is 1.83. The average Bonchev–Trinajstić information content (AvgIpc) is 3.30. The molecule has 0 bridgehead atoms. The number of benzene rings is 2. The summed E-state index contributed by atoms with van der Waals surface area (Å²) in [5, 5.41) is 96.5. The minimum Gasteiger partial charge on any atom is -0.507 e. The molecular formula is C60H80O13. The Hall–Kier alpha value is -5.90. The third-order valence-corrected chi connectivity index (χ3v) is 11.8. The molecule has 398 valence electrons. The second-order valence-electron chi connectivity index (χ2n) is 19.2. The van der Waals surface area contributed by atoms with E-state index in [1.54, 1.807) is 116 Å². The quantitative estimate of drug-likeness (QED) is 0.100. The minimum atomic E-state index is -1.00. The SMILES string of the molecule is CCC(O)CC1CC(O)CC=C[C@@H](O)C[C@@H](O)CC(C)=CC=CC=CC=Cc2cccc(O)c2C(=O)OC(CC(C)C)C[C@@H](O)CC=C[C@@H](O)C[C@@H](O)CC(C)=CC=CC=CC=Cc2cccc(O)c2C(=O)O1. The van der Waals surface area contributed by atoms with Gasteiger partial charge in [0.05, 0.1) is 42.7 Å². The van der Waals surface area contributed by atoms with Crippen molar-refractivity contribution in [2.24, 2.45) is 5.92 Å². The number of aliphatic hydroxyl groups is 7. The van der Waals surface area contributed by atoms with Gasteiger partial charge in [-0.3, -0.25) is 0 Å². The van der Waals surface area contributed by atoms with Crippen LogP contribution in [0.2, 0.25) is 0 Å². The molecule has 0 aliphatic carbocycles.